The zero-order chi connectivity index (χ0) is 11.8. The van der Waals surface area contributed by atoms with Crippen LogP contribution in [0.2, 0.25) is 0 Å². The minimum Gasteiger partial charge on any atom is -0.350 e. The summed E-state index contributed by atoms with van der Waals surface area (Å²) in [6, 6.07) is 0. The number of aromatic nitrogens is 2. The Labute approximate surface area is 94.7 Å². The fourth-order valence-corrected chi connectivity index (χ4v) is 2.19. The molecule has 5 heteroatoms. The van der Waals surface area contributed by atoms with Crippen LogP contribution in [0.4, 0.5) is 10.2 Å². The SMILES string of the molecule is CCCC1(N)CN(c2ncnc(C)c2F)C1. The molecule has 0 radical (unpaired) electrons. The highest BCUT2D eigenvalue weighted by molar-refractivity contribution is 5.46. The Morgan fingerprint density at radius 3 is 2.81 bits per heavy atom. The fourth-order valence-electron chi connectivity index (χ4n) is 2.19. The summed E-state index contributed by atoms with van der Waals surface area (Å²) in [5.41, 5.74) is 6.34. The van der Waals surface area contributed by atoms with E-state index in [1.165, 1.54) is 6.33 Å². The van der Waals surface area contributed by atoms with Crippen molar-refractivity contribution in [2.45, 2.75) is 32.2 Å². The van der Waals surface area contributed by atoms with Gasteiger partial charge in [-0.25, -0.2) is 14.4 Å². The normalized spacial score (nSPS) is 18.4. The van der Waals surface area contributed by atoms with E-state index in [0.29, 0.717) is 24.6 Å². The van der Waals surface area contributed by atoms with Crippen LogP contribution in [0.3, 0.4) is 0 Å². The van der Waals surface area contributed by atoms with Gasteiger partial charge in [0.15, 0.2) is 11.6 Å². The summed E-state index contributed by atoms with van der Waals surface area (Å²) < 4.78 is 13.7. The van der Waals surface area contributed by atoms with Gasteiger partial charge < -0.3 is 10.6 Å². The quantitative estimate of drug-likeness (QED) is 0.839. The number of nitrogens with zero attached hydrogens (tertiary/aromatic N) is 3. The lowest BCUT2D eigenvalue weighted by Gasteiger charge is -2.48. The zero-order valence-electron chi connectivity index (χ0n) is 9.70. The lowest BCUT2D eigenvalue weighted by atomic mass is 9.86. The van der Waals surface area contributed by atoms with Crippen molar-refractivity contribution in [3.8, 4) is 0 Å². The van der Waals surface area contributed by atoms with Gasteiger partial charge in [0.05, 0.1) is 11.2 Å². The van der Waals surface area contributed by atoms with Crippen molar-refractivity contribution in [2.24, 2.45) is 5.73 Å². The van der Waals surface area contributed by atoms with Gasteiger partial charge >= 0.3 is 0 Å². The van der Waals surface area contributed by atoms with E-state index in [9.17, 15) is 4.39 Å². The van der Waals surface area contributed by atoms with E-state index >= 15 is 0 Å². The van der Waals surface area contributed by atoms with Gasteiger partial charge in [-0.2, -0.15) is 0 Å². The number of aryl methyl sites for hydroxylation is 1. The Hall–Kier alpha value is -1.23. The molecular weight excluding hydrogens is 207 g/mol. The molecule has 0 amide bonds. The highest BCUT2D eigenvalue weighted by Crippen LogP contribution is 2.29. The van der Waals surface area contributed by atoms with Crippen molar-refractivity contribution >= 4 is 5.82 Å². The van der Waals surface area contributed by atoms with E-state index in [1.807, 2.05) is 4.90 Å². The fraction of sp³-hybridized carbons (Fsp3) is 0.636. The molecule has 1 fully saturated rings. The van der Waals surface area contributed by atoms with E-state index in [1.54, 1.807) is 6.92 Å². The molecule has 1 saturated heterocycles. The third-order valence-electron chi connectivity index (χ3n) is 3.00. The lowest BCUT2D eigenvalue weighted by molar-refractivity contribution is 0.302. The van der Waals surface area contributed by atoms with Crippen LogP contribution in [0.5, 0.6) is 0 Å². The summed E-state index contributed by atoms with van der Waals surface area (Å²) in [5, 5.41) is 0. The van der Waals surface area contributed by atoms with Gasteiger partial charge in [-0.3, -0.25) is 0 Å². The monoisotopic (exact) mass is 224 g/mol. The van der Waals surface area contributed by atoms with E-state index < -0.39 is 0 Å². The van der Waals surface area contributed by atoms with Crippen molar-refractivity contribution in [1.82, 2.24) is 9.97 Å². The number of rotatable bonds is 3. The second-order valence-electron chi connectivity index (χ2n) is 4.57. The second-order valence-corrected chi connectivity index (χ2v) is 4.57. The number of nitrogens with two attached hydrogens (primary N) is 1. The maximum Gasteiger partial charge on any atom is 0.186 e. The average Bonchev–Trinajstić information content (AvgIpc) is 2.19. The van der Waals surface area contributed by atoms with Crippen LogP contribution in [0, 0.1) is 12.7 Å². The van der Waals surface area contributed by atoms with Crippen molar-refractivity contribution in [3.05, 3.63) is 17.8 Å². The van der Waals surface area contributed by atoms with E-state index in [-0.39, 0.29) is 11.4 Å². The molecule has 0 spiro atoms. The van der Waals surface area contributed by atoms with Gasteiger partial charge in [0, 0.05) is 13.1 Å². The van der Waals surface area contributed by atoms with E-state index in [2.05, 4.69) is 16.9 Å². The minimum atomic E-state index is -0.332. The van der Waals surface area contributed by atoms with Crippen LogP contribution >= 0.6 is 0 Å². The molecule has 2 rings (SSSR count). The third kappa shape index (κ3) is 1.87. The largest absolute Gasteiger partial charge is 0.350 e. The van der Waals surface area contributed by atoms with Crippen molar-refractivity contribution in [1.29, 1.82) is 0 Å². The Bertz CT molecular complexity index is 388. The summed E-state index contributed by atoms with van der Waals surface area (Å²) in [6.45, 7) is 5.09. The van der Waals surface area contributed by atoms with Crippen LogP contribution < -0.4 is 10.6 Å². The summed E-state index contributed by atoms with van der Waals surface area (Å²) in [7, 11) is 0. The Kier molecular flexibility index (Phi) is 2.80. The Balaban J connectivity index is 2.09. The van der Waals surface area contributed by atoms with E-state index in [0.717, 1.165) is 12.8 Å². The molecule has 2 N–H and O–H groups in total. The smallest absolute Gasteiger partial charge is 0.186 e. The standard InChI is InChI=1S/C11H17FN4/c1-3-4-11(13)5-16(6-11)10-9(12)8(2)14-7-15-10/h7H,3-6,13H2,1-2H3. The molecule has 0 bridgehead atoms. The molecule has 0 atom stereocenters. The van der Waals surface area contributed by atoms with Gasteiger partial charge in [0.2, 0.25) is 0 Å². The molecule has 0 aliphatic carbocycles. The summed E-state index contributed by atoms with van der Waals surface area (Å²) in [4.78, 5) is 9.65. The van der Waals surface area contributed by atoms with Crippen molar-refractivity contribution in [3.63, 3.8) is 0 Å². The number of hydrogen-bond donors (Lipinski definition) is 1. The maximum absolute atomic E-state index is 13.7. The first-order valence-corrected chi connectivity index (χ1v) is 5.57. The van der Waals surface area contributed by atoms with Crippen LogP contribution in [0.1, 0.15) is 25.5 Å². The van der Waals surface area contributed by atoms with Crippen LogP contribution in [-0.4, -0.2) is 28.6 Å². The van der Waals surface area contributed by atoms with Crippen molar-refractivity contribution in [2.75, 3.05) is 18.0 Å². The van der Waals surface area contributed by atoms with Crippen molar-refractivity contribution < 1.29 is 4.39 Å². The summed E-state index contributed by atoms with van der Waals surface area (Å²) in [5.74, 6) is 0.0470. The number of halogens is 1. The van der Waals surface area contributed by atoms with Gasteiger partial charge in [0.1, 0.15) is 6.33 Å². The van der Waals surface area contributed by atoms with Gasteiger partial charge in [-0.1, -0.05) is 13.3 Å². The first-order valence-electron chi connectivity index (χ1n) is 5.57. The Morgan fingerprint density at radius 2 is 2.19 bits per heavy atom. The molecule has 0 unspecified atom stereocenters. The first kappa shape index (κ1) is 11.3. The molecule has 1 aromatic heterocycles. The highest BCUT2D eigenvalue weighted by Gasteiger charge is 2.40. The summed E-state index contributed by atoms with van der Waals surface area (Å²) in [6.07, 6.45) is 3.41. The molecule has 2 heterocycles. The van der Waals surface area contributed by atoms with Gasteiger partial charge in [-0.05, 0) is 13.3 Å². The molecule has 1 aromatic rings. The topological polar surface area (TPSA) is 55.0 Å². The molecular formula is C11H17FN4. The van der Waals surface area contributed by atoms with Crippen LogP contribution in [-0.2, 0) is 0 Å². The maximum atomic E-state index is 13.7. The molecule has 0 aromatic carbocycles. The van der Waals surface area contributed by atoms with E-state index in [4.69, 9.17) is 5.73 Å². The highest BCUT2D eigenvalue weighted by atomic mass is 19.1. The lowest BCUT2D eigenvalue weighted by Crippen LogP contribution is -2.67. The zero-order valence-corrected chi connectivity index (χ0v) is 9.70. The molecule has 1 aliphatic rings. The third-order valence-corrected chi connectivity index (χ3v) is 3.00. The predicted octanol–water partition coefficient (Wildman–Crippen LogP) is 1.24. The van der Waals surface area contributed by atoms with Crippen LogP contribution in [0.25, 0.3) is 0 Å². The van der Waals surface area contributed by atoms with Crippen LogP contribution in [0.15, 0.2) is 6.33 Å². The Morgan fingerprint density at radius 1 is 1.50 bits per heavy atom. The molecule has 88 valence electrons. The minimum absolute atomic E-state index is 0.167. The molecule has 16 heavy (non-hydrogen) atoms. The number of anilines is 1. The molecule has 4 nitrogen and oxygen atoms in total. The summed E-state index contributed by atoms with van der Waals surface area (Å²) >= 11 is 0. The van der Waals surface area contributed by atoms with Gasteiger partial charge in [-0.15, -0.1) is 0 Å². The molecule has 0 saturated carbocycles. The van der Waals surface area contributed by atoms with Gasteiger partial charge in [0.25, 0.3) is 0 Å². The predicted molar refractivity (Wildman–Crippen MR) is 60.8 cm³/mol. The average molecular weight is 224 g/mol. The second kappa shape index (κ2) is 3.97. The number of hydrogen-bond acceptors (Lipinski definition) is 4. The first-order chi connectivity index (χ1) is 7.56. The molecule has 1 aliphatic heterocycles.